The van der Waals surface area contributed by atoms with Crippen LogP contribution in [0.4, 0.5) is 11.5 Å². The Hall–Kier alpha value is -2.11. The summed E-state index contributed by atoms with van der Waals surface area (Å²) in [5, 5.41) is 6.45. The van der Waals surface area contributed by atoms with Crippen molar-refractivity contribution < 1.29 is 9.53 Å². The minimum absolute atomic E-state index is 0.252. The number of rotatable bonds is 5. The highest BCUT2D eigenvalue weighted by molar-refractivity contribution is 6.34. The molecular weight excluding hydrogens is 314 g/mol. The van der Waals surface area contributed by atoms with E-state index >= 15 is 0 Å². The smallest absolute Gasteiger partial charge is 0.257 e. The molecule has 1 atom stereocenters. The van der Waals surface area contributed by atoms with E-state index in [2.05, 4.69) is 15.6 Å². The molecule has 0 aliphatic carbocycles. The summed E-state index contributed by atoms with van der Waals surface area (Å²) >= 11 is 6.02. The van der Waals surface area contributed by atoms with E-state index in [0.29, 0.717) is 16.3 Å². The molecule has 0 saturated carbocycles. The van der Waals surface area contributed by atoms with Crippen LogP contribution in [0.2, 0.25) is 5.02 Å². The average molecular weight is 332 g/mol. The number of ether oxygens (including phenoxy) is 1. The maximum atomic E-state index is 12.2. The third-order valence-electron chi connectivity index (χ3n) is 3.67. The number of carbonyl (C=O) groups excluding carboxylic acids is 1. The van der Waals surface area contributed by atoms with E-state index in [1.807, 2.05) is 6.07 Å². The Morgan fingerprint density at radius 2 is 2.17 bits per heavy atom. The van der Waals surface area contributed by atoms with E-state index in [-0.39, 0.29) is 12.0 Å². The van der Waals surface area contributed by atoms with Crippen molar-refractivity contribution in [2.75, 3.05) is 23.8 Å². The topological polar surface area (TPSA) is 63.2 Å². The molecule has 23 heavy (non-hydrogen) atoms. The summed E-state index contributed by atoms with van der Waals surface area (Å²) in [7, 11) is 0. The third-order valence-corrected chi connectivity index (χ3v) is 4.00. The number of hydrogen-bond acceptors (Lipinski definition) is 4. The normalized spacial score (nSPS) is 17.0. The Morgan fingerprint density at radius 1 is 1.30 bits per heavy atom. The Kier molecular flexibility index (Phi) is 5.10. The van der Waals surface area contributed by atoms with Gasteiger partial charge in [-0.1, -0.05) is 23.7 Å². The van der Waals surface area contributed by atoms with Gasteiger partial charge in [-0.25, -0.2) is 4.98 Å². The first-order chi connectivity index (χ1) is 11.2. The zero-order valence-corrected chi connectivity index (χ0v) is 13.3. The molecule has 1 amide bonds. The zero-order chi connectivity index (χ0) is 16.1. The Labute approximate surface area is 140 Å². The molecule has 2 aromatic rings. The van der Waals surface area contributed by atoms with Crippen LogP contribution < -0.4 is 10.6 Å². The number of aromatic nitrogens is 1. The predicted molar refractivity (Wildman–Crippen MR) is 91.1 cm³/mol. The lowest BCUT2D eigenvalue weighted by atomic mass is 10.2. The van der Waals surface area contributed by atoms with Gasteiger partial charge in [0.1, 0.15) is 5.82 Å². The largest absolute Gasteiger partial charge is 0.376 e. The second kappa shape index (κ2) is 7.44. The highest BCUT2D eigenvalue weighted by Gasteiger charge is 2.15. The van der Waals surface area contributed by atoms with Crippen molar-refractivity contribution in [1.29, 1.82) is 0 Å². The average Bonchev–Trinajstić information content (AvgIpc) is 3.08. The summed E-state index contributed by atoms with van der Waals surface area (Å²) in [6.07, 6.45) is 4.08. The Morgan fingerprint density at radius 3 is 2.87 bits per heavy atom. The van der Waals surface area contributed by atoms with Crippen LogP contribution in [-0.2, 0) is 4.74 Å². The first-order valence-corrected chi connectivity index (χ1v) is 7.97. The van der Waals surface area contributed by atoms with Crippen molar-refractivity contribution in [2.45, 2.75) is 18.9 Å². The maximum Gasteiger partial charge on any atom is 0.257 e. The summed E-state index contributed by atoms with van der Waals surface area (Å²) in [5.74, 6) is 0.508. The summed E-state index contributed by atoms with van der Waals surface area (Å²) in [4.78, 5) is 16.5. The van der Waals surface area contributed by atoms with Crippen molar-refractivity contribution in [3.8, 4) is 0 Å². The van der Waals surface area contributed by atoms with Gasteiger partial charge < -0.3 is 15.4 Å². The maximum absolute atomic E-state index is 12.2. The molecule has 1 aromatic carbocycles. The monoisotopic (exact) mass is 331 g/mol. The fourth-order valence-corrected chi connectivity index (χ4v) is 2.66. The van der Waals surface area contributed by atoms with Crippen LogP contribution in [0, 0.1) is 0 Å². The molecule has 120 valence electrons. The first kappa shape index (κ1) is 15.8. The minimum atomic E-state index is -0.252. The first-order valence-electron chi connectivity index (χ1n) is 7.60. The van der Waals surface area contributed by atoms with Gasteiger partial charge in [0.2, 0.25) is 0 Å². The van der Waals surface area contributed by atoms with Gasteiger partial charge in [0, 0.05) is 13.2 Å². The highest BCUT2D eigenvalue weighted by Crippen LogP contribution is 2.18. The molecule has 1 unspecified atom stereocenters. The van der Waals surface area contributed by atoms with Gasteiger partial charge in [-0.15, -0.1) is 0 Å². The van der Waals surface area contributed by atoms with Crippen molar-refractivity contribution in [3.63, 3.8) is 0 Å². The van der Waals surface area contributed by atoms with Crippen LogP contribution in [0.5, 0.6) is 0 Å². The molecule has 1 aromatic heterocycles. The van der Waals surface area contributed by atoms with Gasteiger partial charge in [-0.05, 0) is 37.1 Å². The molecule has 1 aliphatic heterocycles. The second-order valence-corrected chi connectivity index (χ2v) is 5.79. The summed E-state index contributed by atoms with van der Waals surface area (Å²) in [6, 6.07) is 10.6. The summed E-state index contributed by atoms with van der Waals surface area (Å²) in [5.41, 5.74) is 1.06. The third kappa shape index (κ3) is 4.21. The fourth-order valence-electron chi connectivity index (χ4n) is 2.44. The number of hydrogen-bond donors (Lipinski definition) is 2. The molecule has 1 fully saturated rings. The van der Waals surface area contributed by atoms with Gasteiger partial charge in [0.25, 0.3) is 5.91 Å². The highest BCUT2D eigenvalue weighted by atomic mass is 35.5. The standard InChI is InChI=1S/C17H18ClN3O2/c18-15-6-2-1-5-14(15)17(22)21-12-7-8-16(19-10-12)20-11-13-4-3-9-23-13/h1-2,5-8,10,13H,3-4,9,11H2,(H,19,20)(H,21,22). The number of halogens is 1. The number of carbonyl (C=O) groups is 1. The van der Waals surface area contributed by atoms with Gasteiger partial charge in [0.05, 0.1) is 28.6 Å². The summed E-state index contributed by atoms with van der Waals surface area (Å²) < 4.78 is 5.55. The van der Waals surface area contributed by atoms with Crippen molar-refractivity contribution in [1.82, 2.24) is 4.98 Å². The molecule has 0 spiro atoms. The molecule has 0 radical (unpaired) electrons. The van der Waals surface area contributed by atoms with Crippen molar-refractivity contribution >= 4 is 29.0 Å². The van der Waals surface area contributed by atoms with Crippen LogP contribution in [0.3, 0.4) is 0 Å². The van der Waals surface area contributed by atoms with E-state index < -0.39 is 0 Å². The predicted octanol–water partition coefficient (Wildman–Crippen LogP) is 3.58. The van der Waals surface area contributed by atoms with Crippen LogP contribution in [0.25, 0.3) is 0 Å². The SMILES string of the molecule is O=C(Nc1ccc(NCC2CCCO2)nc1)c1ccccc1Cl. The number of pyridine rings is 1. The molecule has 1 saturated heterocycles. The number of benzene rings is 1. The van der Waals surface area contributed by atoms with Gasteiger partial charge in [-0.3, -0.25) is 4.79 Å². The van der Waals surface area contributed by atoms with Gasteiger partial charge in [-0.2, -0.15) is 0 Å². The van der Waals surface area contributed by atoms with Crippen LogP contribution >= 0.6 is 11.6 Å². The number of anilines is 2. The zero-order valence-electron chi connectivity index (χ0n) is 12.6. The quantitative estimate of drug-likeness (QED) is 0.879. The van der Waals surface area contributed by atoms with E-state index in [0.717, 1.165) is 31.8 Å². The molecule has 0 bridgehead atoms. The van der Waals surface area contributed by atoms with Gasteiger partial charge in [0.15, 0.2) is 0 Å². The fraction of sp³-hybridized carbons (Fsp3) is 0.294. The van der Waals surface area contributed by atoms with Crippen LogP contribution in [0.15, 0.2) is 42.6 Å². The molecule has 5 nitrogen and oxygen atoms in total. The lowest BCUT2D eigenvalue weighted by molar-refractivity contribution is 0.102. The number of amides is 1. The van der Waals surface area contributed by atoms with Crippen LogP contribution in [-0.4, -0.2) is 30.1 Å². The van der Waals surface area contributed by atoms with E-state index in [1.54, 1.807) is 36.5 Å². The van der Waals surface area contributed by atoms with E-state index in [1.165, 1.54) is 0 Å². The molecule has 6 heteroatoms. The van der Waals surface area contributed by atoms with E-state index in [9.17, 15) is 4.79 Å². The molecular formula is C17H18ClN3O2. The number of nitrogens with one attached hydrogen (secondary N) is 2. The molecule has 3 rings (SSSR count). The van der Waals surface area contributed by atoms with Gasteiger partial charge >= 0.3 is 0 Å². The Balaban J connectivity index is 1.56. The van der Waals surface area contributed by atoms with Crippen molar-refractivity contribution in [3.05, 3.63) is 53.2 Å². The molecule has 2 heterocycles. The lowest BCUT2D eigenvalue weighted by Crippen LogP contribution is -2.19. The van der Waals surface area contributed by atoms with Crippen molar-refractivity contribution in [2.24, 2.45) is 0 Å². The summed E-state index contributed by atoms with van der Waals surface area (Å²) in [6.45, 7) is 1.59. The van der Waals surface area contributed by atoms with E-state index in [4.69, 9.17) is 16.3 Å². The second-order valence-electron chi connectivity index (χ2n) is 5.38. The molecule has 1 aliphatic rings. The lowest BCUT2D eigenvalue weighted by Gasteiger charge is -2.12. The molecule has 2 N–H and O–H groups in total. The number of nitrogens with zero attached hydrogens (tertiary/aromatic N) is 1. The van der Waals surface area contributed by atoms with Crippen LogP contribution in [0.1, 0.15) is 23.2 Å². The minimum Gasteiger partial charge on any atom is -0.376 e. The Bertz CT molecular complexity index is 670.